The number of nitrogens with two attached hydrogens (primary N) is 1. The second kappa shape index (κ2) is 18.2. The molecule has 0 aliphatic carbocycles. The van der Waals surface area contributed by atoms with Crippen LogP contribution in [0.2, 0.25) is 6.82 Å². The van der Waals surface area contributed by atoms with Crippen molar-refractivity contribution in [3.8, 4) is 0 Å². The van der Waals surface area contributed by atoms with Gasteiger partial charge in [0.05, 0.1) is 6.20 Å². The third kappa shape index (κ3) is 15.0. The first-order valence-electron chi connectivity index (χ1n) is 12.6. The van der Waals surface area contributed by atoms with Crippen LogP contribution in [0.1, 0.15) is 42.4 Å². The molecule has 0 aliphatic heterocycles. The van der Waals surface area contributed by atoms with Gasteiger partial charge in [0.15, 0.2) is 0 Å². The SMILES string of the molecule is CB(O)O.CC(C)C.NC(=O)C(Cc1ccccc1)NC(=O)C(Cc1ccccc1)NC(=O)c1cnccn1. The van der Waals surface area contributed by atoms with Crippen LogP contribution in [0.25, 0.3) is 0 Å². The molecule has 0 aliphatic rings. The van der Waals surface area contributed by atoms with E-state index >= 15 is 0 Å². The molecule has 0 fully saturated rings. The monoisotopic (exact) mass is 535 g/mol. The molecule has 10 nitrogen and oxygen atoms in total. The van der Waals surface area contributed by atoms with E-state index in [0.717, 1.165) is 17.0 Å². The van der Waals surface area contributed by atoms with Crippen LogP contribution in [0.3, 0.4) is 0 Å². The second-order valence-electron chi connectivity index (χ2n) is 9.32. The van der Waals surface area contributed by atoms with Gasteiger partial charge in [-0.05, 0) is 23.9 Å². The maximum atomic E-state index is 13.0. The summed E-state index contributed by atoms with van der Waals surface area (Å²) in [7, 11) is -1.17. The average Bonchev–Trinajstić information content (AvgIpc) is 2.89. The van der Waals surface area contributed by atoms with Crippen molar-refractivity contribution in [2.45, 2.75) is 52.5 Å². The molecule has 0 radical (unpaired) electrons. The van der Waals surface area contributed by atoms with E-state index in [0.29, 0.717) is 0 Å². The minimum Gasteiger partial charge on any atom is -0.427 e. The lowest BCUT2D eigenvalue weighted by Gasteiger charge is -2.22. The van der Waals surface area contributed by atoms with Crippen molar-refractivity contribution >= 4 is 24.8 Å². The molecule has 39 heavy (non-hydrogen) atoms. The first-order chi connectivity index (χ1) is 18.5. The lowest BCUT2D eigenvalue weighted by atomic mass is 9.99. The van der Waals surface area contributed by atoms with Gasteiger partial charge in [0.2, 0.25) is 11.8 Å². The Balaban J connectivity index is 0.000000838. The molecule has 1 aromatic heterocycles. The summed E-state index contributed by atoms with van der Waals surface area (Å²) < 4.78 is 0. The molecule has 0 spiro atoms. The summed E-state index contributed by atoms with van der Waals surface area (Å²) in [4.78, 5) is 45.4. The van der Waals surface area contributed by atoms with Gasteiger partial charge in [-0.2, -0.15) is 0 Å². The number of nitrogens with one attached hydrogen (secondary N) is 2. The Labute approximate surface area is 230 Å². The number of hydrogen-bond donors (Lipinski definition) is 5. The molecule has 0 bridgehead atoms. The molecule has 3 aromatic rings. The van der Waals surface area contributed by atoms with E-state index in [9.17, 15) is 14.4 Å². The molecule has 1 heterocycles. The van der Waals surface area contributed by atoms with Crippen LogP contribution >= 0.6 is 0 Å². The van der Waals surface area contributed by atoms with Crippen LogP contribution in [0.4, 0.5) is 0 Å². The summed E-state index contributed by atoms with van der Waals surface area (Å²) >= 11 is 0. The lowest BCUT2D eigenvalue weighted by molar-refractivity contribution is -0.128. The van der Waals surface area contributed by atoms with Gasteiger partial charge in [0.1, 0.15) is 17.8 Å². The number of benzene rings is 2. The maximum Gasteiger partial charge on any atom is 0.448 e. The van der Waals surface area contributed by atoms with Crippen LogP contribution in [0.5, 0.6) is 0 Å². The molecule has 11 heteroatoms. The molecule has 3 rings (SSSR count). The molecule has 0 saturated heterocycles. The third-order valence-corrected chi connectivity index (χ3v) is 4.64. The van der Waals surface area contributed by atoms with Gasteiger partial charge in [0.25, 0.3) is 5.91 Å². The van der Waals surface area contributed by atoms with Gasteiger partial charge in [-0.15, -0.1) is 0 Å². The van der Waals surface area contributed by atoms with E-state index in [1.807, 2.05) is 60.7 Å². The molecule has 0 saturated carbocycles. The number of primary amides is 1. The maximum absolute atomic E-state index is 13.0. The molecule has 2 unspecified atom stereocenters. The third-order valence-electron chi connectivity index (χ3n) is 4.64. The first-order valence-corrected chi connectivity index (χ1v) is 12.6. The van der Waals surface area contributed by atoms with E-state index in [4.69, 9.17) is 15.8 Å². The lowest BCUT2D eigenvalue weighted by Crippen LogP contribution is -2.54. The molecule has 2 atom stereocenters. The van der Waals surface area contributed by atoms with E-state index in [-0.39, 0.29) is 18.5 Å². The van der Waals surface area contributed by atoms with Crippen LogP contribution in [0.15, 0.2) is 79.3 Å². The number of aromatic nitrogens is 2. The quantitative estimate of drug-likeness (QED) is 0.260. The minimum atomic E-state index is -1.17. The molecule has 6 N–H and O–H groups in total. The average molecular weight is 535 g/mol. The Kier molecular flexibility index (Phi) is 15.4. The summed E-state index contributed by atoms with van der Waals surface area (Å²) in [5.74, 6) is -0.875. The zero-order valence-electron chi connectivity index (χ0n) is 22.8. The number of nitrogens with zero attached hydrogens (tertiary/aromatic N) is 2. The van der Waals surface area contributed by atoms with Crippen molar-refractivity contribution in [1.29, 1.82) is 0 Å². The summed E-state index contributed by atoms with van der Waals surface area (Å²) in [5, 5.41) is 20.6. The fourth-order valence-corrected chi connectivity index (χ4v) is 3.05. The standard InChI is InChI=1S/C23H23N5O3.C4H10.CH5BO2/c24-21(29)18(13-16-7-3-1-4-8-16)27-22(30)19(14-17-9-5-2-6-10-17)28-23(31)20-15-25-11-12-26-20;1-4(2)3;1-2(3)4/h1-12,15,18-19H,13-14H2,(H2,24,29)(H,27,30)(H,28,31);4H,1-3H3;3-4H,1H3. The zero-order chi connectivity index (χ0) is 29.2. The Hall–Kier alpha value is -4.09. The van der Waals surface area contributed by atoms with Crippen molar-refractivity contribution in [2.75, 3.05) is 0 Å². The molecular weight excluding hydrogens is 497 g/mol. The summed E-state index contributed by atoms with van der Waals surface area (Å²) in [5.41, 5.74) is 7.31. The van der Waals surface area contributed by atoms with E-state index in [1.165, 1.54) is 25.4 Å². The summed E-state index contributed by atoms with van der Waals surface area (Å²) in [6.07, 6.45) is 4.64. The van der Waals surface area contributed by atoms with Crippen molar-refractivity contribution in [3.05, 3.63) is 96.1 Å². The van der Waals surface area contributed by atoms with Crippen molar-refractivity contribution in [1.82, 2.24) is 20.6 Å². The predicted octanol–water partition coefficient (Wildman–Crippen LogP) is 1.78. The highest BCUT2D eigenvalue weighted by atomic mass is 16.4. The van der Waals surface area contributed by atoms with Gasteiger partial charge < -0.3 is 26.4 Å². The Bertz CT molecular complexity index is 1110. The van der Waals surface area contributed by atoms with Crippen LogP contribution in [-0.4, -0.2) is 56.9 Å². The normalized spacial score (nSPS) is 11.5. The fourth-order valence-electron chi connectivity index (χ4n) is 3.05. The van der Waals surface area contributed by atoms with E-state index in [1.54, 1.807) is 0 Å². The number of hydrogen-bond acceptors (Lipinski definition) is 7. The van der Waals surface area contributed by atoms with Gasteiger partial charge in [-0.25, -0.2) is 4.98 Å². The van der Waals surface area contributed by atoms with Crippen molar-refractivity contribution < 1.29 is 24.4 Å². The highest BCUT2D eigenvalue weighted by Crippen LogP contribution is 2.07. The fraction of sp³-hybridized carbons (Fsp3) is 0.321. The first kappa shape index (κ1) is 32.9. The number of amides is 3. The van der Waals surface area contributed by atoms with E-state index in [2.05, 4.69) is 41.4 Å². The smallest absolute Gasteiger partial charge is 0.427 e. The molecular formula is C28H38BN5O5. The highest BCUT2D eigenvalue weighted by molar-refractivity contribution is 6.38. The molecule has 3 amide bonds. The highest BCUT2D eigenvalue weighted by Gasteiger charge is 2.27. The zero-order valence-corrected chi connectivity index (χ0v) is 22.8. The summed E-state index contributed by atoms with van der Waals surface area (Å²) in [6, 6.07) is 16.6. The van der Waals surface area contributed by atoms with Gasteiger partial charge >= 0.3 is 7.12 Å². The largest absolute Gasteiger partial charge is 0.448 e. The van der Waals surface area contributed by atoms with Crippen molar-refractivity contribution in [3.63, 3.8) is 0 Å². The van der Waals surface area contributed by atoms with Crippen LogP contribution < -0.4 is 16.4 Å². The Morgan fingerprint density at radius 3 is 1.72 bits per heavy atom. The van der Waals surface area contributed by atoms with Crippen LogP contribution in [0, 0.1) is 5.92 Å². The van der Waals surface area contributed by atoms with Gasteiger partial charge in [-0.3, -0.25) is 19.4 Å². The number of rotatable bonds is 9. The van der Waals surface area contributed by atoms with Gasteiger partial charge in [-0.1, -0.05) is 81.4 Å². The second-order valence-corrected chi connectivity index (χ2v) is 9.32. The van der Waals surface area contributed by atoms with Crippen molar-refractivity contribution in [2.24, 2.45) is 11.7 Å². The van der Waals surface area contributed by atoms with Gasteiger partial charge in [0, 0.05) is 25.2 Å². The Morgan fingerprint density at radius 1 is 0.846 bits per heavy atom. The number of carbonyl (C=O) groups excluding carboxylic acids is 3. The predicted molar refractivity (Wildman–Crippen MR) is 151 cm³/mol. The topological polar surface area (TPSA) is 168 Å². The Morgan fingerprint density at radius 2 is 1.31 bits per heavy atom. The minimum absolute atomic E-state index is 0.0871. The molecule has 2 aromatic carbocycles. The number of carbonyl (C=O) groups is 3. The molecule has 208 valence electrons. The van der Waals surface area contributed by atoms with E-state index < -0.39 is 36.9 Å². The summed E-state index contributed by atoms with van der Waals surface area (Å²) in [6.45, 7) is 7.78. The van der Waals surface area contributed by atoms with Crippen LogP contribution in [-0.2, 0) is 22.4 Å².